The highest BCUT2D eigenvalue weighted by Crippen LogP contribution is 2.07. The number of amides is 1. The van der Waals surface area contributed by atoms with E-state index in [0.29, 0.717) is 12.4 Å². The number of hydrogen-bond acceptors (Lipinski definition) is 5. The number of hydrogen-bond donors (Lipinski definition) is 2. The monoisotopic (exact) mass is 353 g/mol. The van der Waals surface area contributed by atoms with Gasteiger partial charge < -0.3 is 15.2 Å². The Morgan fingerprint density at radius 1 is 1.55 bits per heavy atom. The fourth-order valence-electron chi connectivity index (χ4n) is 1.60. The molecule has 1 rings (SSSR count). The highest BCUT2D eigenvalue weighted by molar-refractivity contribution is 7.89. The molecule has 0 radical (unpaired) electrons. The first-order valence-corrected chi connectivity index (χ1v) is 8.12. The summed E-state index contributed by atoms with van der Waals surface area (Å²) in [7, 11) is -0.321. The molecule has 0 saturated heterocycles. The summed E-state index contributed by atoms with van der Waals surface area (Å²) in [6.07, 6.45) is 1.51. The third kappa shape index (κ3) is 5.24. The van der Waals surface area contributed by atoms with Crippen LogP contribution in [0.5, 0.6) is 0 Å². The summed E-state index contributed by atoms with van der Waals surface area (Å²) in [5, 5.41) is -0.0429. The summed E-state index contributed by atoms with van der Waals surface area (Å²) in [6, 6.07) is -0.0763. The van der Waals surface area contributed by atoms with Gasteiger partial charge in [-0.3, -0.25) is 4.79 Å². The minimum atomic E-state index is -3.69. The van der Waals surface area contributed by atoms with Crippen LogP contribution in [0, 0.1) is 6.92 Å². The number of nitrogens with one attached hydrogen (secondary N) is 1. The van der Waals surface area contributed by atoms with Crippen molar-refractivity contribution in [1.82, 2.24) is 19.2 Å². The van der Waals surface area contributed by atoms with Crippen LogP contribution in [-0.4, -0.2) is 55.0 Å². The maximum Gasteiger partial charge on any atom is 0.259 e. The molecule has 1 atom stereocenters. The van der Waals surface area contributed by atoms with Gasteiger partial charge in [-0.2, -0.15) is 0 Å². The van der Waals surface area contributed by atoms with Gasteiger partial charge in [-0.25, -0.2) is 18.1 Å². The predicted octanol–water partition coefficient (Wildman–Crippen LogP) is -0.376. The number of rotatable bonds is 7. The Hall–Kier alpha value is -1.16. The van der Waals surface area contributed by atoms with E-state index >= 15 is 0 Å². The van der Waals surface area contributed by atoms with Crippen LogP contribution in [0.1, 0.15) is 19.2 Å². The molecule has 22 heavy (non-hydrogen) atoms. The van der Waals surface area contributed by atoms with E-state index < -0.39 is 10.0 Å². The predicted molar refractivity (Wildman–Crippen MR) is 86.3 cm³/mol. The molecule has 3 N–H and O–H groups in total. The van der Waals surface area contributed by atoms with Crippen molar-refractivity contribution in [3.63, 3.8) is 0 Å². The topological polar surface area (TPSA) is 110 Å². The molecule has 1 unspecified atom stereocenters. The number of imidazole rings is 1. The lowest BCUT2D eigenvalue weighted by Crippen LogP contribution is -2.41. The van der Waals surface area contributed by atoms with Crippen LogP contribution >= 0.6 is 12.4 Å². The number of nitrogens with two attached hydrogens (primary N) is 1. The van der Waals surface area contributed by atoms with Crippen LogP contribution in [0.3, 0.4) is 0 Å². The van der Waals surface area contributed by atoms with Crippen molar-refractivity contribution in [2.45, 2.75) is 31.3 Å². The van der Waals surface area contributed by atoms with Gasteiger partial charge in [0.1, 0.15) is 5.82 Å². The zero-order valence-corrected chi connectivity index (χ0v) is 14.9. The van der Waals surface area contributed by atoms with Crippen molar-refractivity contribution in [2.24, 2.45) is 12.8 Å². The molecule has 10 heteroatoms. The first-order valence-electron chi connectivity index (χ1n) is 6.64. The van der Waals surface area contributed by atoms with E-state index in [9.17, 15) is 13.2 Å². The standard InChI is InChI=1S/C12H23N5O3S.ClH/c1-9(7-13)17(4)12(18)5-6-14-21(19,20)11-8-16(3)10(2)15-11;/h8-9,14H,5-7,13H2,1-4H3;1H. The molecule has 1 amide bonds. The molecule has 0 aliphatic heterocycles. The number of carbonyl (C=O) groups is 1. The number of halogens is 1. The number of aryl methyl sites for hydroxylation is 2. The Balaban J connectivity index is 0.00000441. The molecule has 0 aliphatic carbocycles. The molecule has 0 spiro atoms. The van der Waals surface area contributed by atoms with E-state index in [0.717, 1.165) is 0 Å². The summed E-state index contributed by atoms with van der Waals surface area (Å²) in [5.74, 6) is 0.441. The van der Waals surface area contributed by atoms with Crippen molar-refractivity contribution in [1.29, 1.82) is 0 Å². The number of likely N-dealkylation sites (N-methyl/N-ethyl adjacent to an activating group) is 1. The van der Waals surface area contributed by atoms with Crippen LogP contribution in [0.25, 0.3) is 0 Å². The van der Waals surface area contributed by atoms with Gasteiger partial charge in [-0.05, 0) is 13.8 Å². The molecule has 0 aliphatic rings. The summed E-state index contributed by atoms with van der Waals surface area (Å²) < 4.78 is 28.0. The lowest BCUT2D eigenvalue weighted by atomic mass is 10.2. The summed E-state index contributed by atoms with van der Waals surface area (Å²) in [4.78, 5) is 17.3. The van der Waals surface area contributed by atoms with Crippen molar-refractivity contribution in [3.05, 3.63) is 12.0 Å². The van der Waals surface area contributed by atoms with E-state index in [1.54, 1.807) is 25.6 Å². The lowest BCUT2D eigenvalue weighted by molar-refractivity contribution is -0.131. The van der Waals surface area contributed by atoms with Crippen LogP contribution in [-0.2, 0) is 21.9 Å². The van der Waals surface area contributed by atoms with Gasteiger partial charge in [0, 0.05) is 45.8 Å². The molecule has 128 valence electrons. The van der Waals surface area contributed by atoms with E-state index in [-0.39, 0.29) is 42.3 Å². The summed E-state index contributed by atoms with van der Waals surface area (Å²) >= 11 is 0. The lowest BCUT2D eigenvalue weighted by Gasteiger charge is -2.23. The van der Waals surface area contributed by atoms with Crippen molar-refractivity contribution < 1.29 is 13.2 Å². The van der Waals surface area contributed by atoms with E-state index in [1.165, 1.54) is 11.1 Å². The second kappa shape index (κ2) is 8.47. The first-order chi connectivity index (χ1) is 9.69. The molecular weight excluding hydrogens is 330 g/mol. The fourth-order valence-corrected chi connectivity index (χ4v) is 2.67. The van der Waals surface area contributed by atoms with Crippen molar-refractivity contribution >= 4 is 28.3 Å². The molecule has 0 fully saturated rings. The van der Waals surface area contributed by atoms with E-state index in [2.05, 4.69) is 9.71 Å². The first kappa shape index (κ1) is 20.8. The van der Waals surface area contributed by atoms with Crippen molar-refractivity contribution in [2.75, 3.05) is 20.1 Å². The minimum absolute atomic E-state index is 0. The van der Waals surface area contributed by atoms with Crippen LogP contribution in [0.15, 0.2) is 11.2 Å². The van der Waals surface area contributed by atoms with Gasteiger partial charge in [0.25, 0.3) is 10.0 Å². The molecule has 1 aromatic heterocycles. The minimum Gasteiger partial charge on any atom is -0.342 e. The molecule has 0 saturated carbocycles. The highest BCUT2D eigenvalue weighted by atomic mass is 35.5. The van der Waals surface area contributed by atoms with Gasteiger partial charge in [0.05, 0.1) is 0 Å². The zero-order chi connectivity index (χ0) is 16.2. The normalized spacial score (nSPS) is 12.6. The molecule has 1 aromatic rings. The van der Waals surface area contributed by atoms with Gasteiger partial charge in [0.2, 0.25) is 5.91 Å². The molecule has 8 nitrogen and oxygen atoms in total. The maximum atomic E-state index is 12.0. The summed E-state index contributed by atoms with van der Waals surface area (Å²) in [6.45, 7) is 3.93. The Kier molecular flexibility index (Phi) is 8.02. The second-order valence-electron chi connectivity index (χ2n) is 4.97. The molecule has 1 heterocycles. The van der Waals surface area contributed by atoms with Crippen LogP contribution in [0.2, 0.25) is 0 Å². The third-order valence-electron chi connectivity index (χ3n) is 3.39. The average molecular weight is 354 g/mol. The second-order valence-corrected chi connectivity index (χ2v) is 6.69. The number of nitrogens with zero attached hydrogens (tertiary/aromatic N) is 3. The zero-order valence-electron chi connectivity index (χ0n) is 13.2. The average Bonchev–Trinajstić information content (AvgIpc) is 2.77. The molecular formula is C12H24ClN5O3S. The molecule has 0 aromatic carbocycles. The fraction of sp³-hybridized carbons (Fsp3) is 0.667. The third-order valence-corrected chi connectivity index (χ3v) is 4.72. The largest absolute Gasteiger partial charge is 0.342 e. The Morgan fingerprint density at radius 2 is 2.14 bits per heavy atom. The molecule has 0 bridgehead atoms. The highest BCUT2D eigenvalue weighted by Gasteiger charge is 2.19. The van der Waals surface area contributed by atoms with Gasteiger partial charge in [0.15, 0.2) is 5.03 Å². The van der Waals surface area contributed by atoms with E-state index in [1.807, 2.05) is 6.92 Å². The quantitative estimate of drug-likeness (QED) is 0.694. The Morgan fingerprint density at radius 3 is 2.59 bits per heavy atom. The maximum absolute atomic E-state index is 12.0. The van der Waals surface area contributed by atoms with Gasteiger partial charge in [-0.15, -0.1) is 12.4 Å². The number of aromatic nitrogens is 2. The SMILES string of the molecule is Cc1nc(S(=O)(=O)NCCC(=O)N(C)C(C)CN)cn1C.Cl. The smallest absolute Gasteiger partial charge is 0.259 e. The number of carbonyl (C=O) groups excluding carboxylic acids is 1. The van der Waals surface area contributed by atoms with Crippen molar-refractivity contribution in [3.8, 4) is 0 Å². The van der Waals surface area contributed by atoms with E-state index in [4.69, 9.17) is 5.73 Å². The van der Waals surface area contributed by atoms with Gasteiger partial charge >= 0.3 is 0 Å². The Bertz CT molecular complexity index is 582. The number of sulfonamides is 1. The Labute approximate surface area is 137 Å². The van der Waals surface area contributed by atoms with Crippen LogP contribution < -0.4 is 10.5 Å². The summed E-state index contributed by atoms with van der Waals surface area (Å²) in [5.41, 5.74) is 5.49. The van der Waals surface area contributed by atoms with Gasteiger partial charge in [-0.1, -0.05) is 0 Å². The van der Waals surface area contributed by atoms with Crippen LogP contribution in [0.4, 0.5) is 0 Å².